The highest BCUT2D eigenvalue weighted by Crippen LogP contribution is 2.29. The summed E-state index contributed by atoms with van der Waals surface area (Å²) in [7, 11) is 1.96. The maximum atomic E-state index is 6.01. The van der Waals surface area contributed by atoms with Crippen molar-refractivity contribution in [1.29, 1.82) is 0 Å². The fourth-order valence-corrected chi connectivity index (χ4v) is 3.43. The highest BCUT2D eigenvalue weighted by molar-refractivity contribution is 6.29. The largest absolute Gasteiger partial charge is 0.381 e. The molecule has 0 aliphatic carbocycles. The van der Waals surface area contributed by atoms with Gasteiger partial charge in [0.15, 0.2) is 0 Å². The van der Waals surface area contributed by atoms with Crippen molar-refractivity contribution >= 4 is 22.6 Å². The van der Waals surface area contributed by atoms with Crippen LogP contribution in [0.4, 0.5) is 0 Å². The van der Waals surface area contributed by atoms with Crippen LogP contribution in [0.3, 0.4) is 0 Å². The second kappa shape index (κ2) is 6.49. The van der Waals surface area contributed by atoms with Crippen molar-refractivity contribution < 1.29 is 4.74 Å². The molecule has 0 bridgehead atoms. The first-order valence-corrected chi connectivity index (χ1v) is 8.60. The Morgan fingerprint density at radius 3 is 2.92 bits per heavy atom. The molecule has 0 N–H and O–H groups in total. The fourth-order valence-electron chi connectivity index (χ4n) is 3.28. The van der Waals surface area contributed by atoms with Crippen molar-refractivity contribution in [2.24, 2.45) is 13.0 Å². The molecule has 6 heteroatoms. The predicted octanol–water partition coefficient (Wildman–Crippen LogP) is 3.65. The van der Waals surface area contributed by atoms with Crippen molar-refractivity contribution in [3.05, 3.63) is 41.4 Å². The molecule has 0 radical (unpaired) electrons. The van der Waals surface area contributed by atoms with Crippen molar-refractivity contribution in [1.82, 2.24) is 19.7 Å². The lowest BCUT2D eigenvalue weighted by Crippen LogP contribution is -2.18. The van der Waals surface area contributed by atoms with Crippen LogP contribution in [-0.4, -0.2) is 33.0 Å². The predicted molar refractivity (Wildman–Crippen MR) is 94.0 cm³/mol. The Hall–Kier alpha value is -1.98. The lowest BCUT2D eigenvalue weighted by atomic mass is 9.92. The lowest BCUT2D eigenvalue weighted by molar-refractivity contribution is 0.0663. The molecule has 1 aliphatic rings. The molecule has 0 amide bonds. The van der Waals surface area contributed by atoms with Crippen LogP contribution in [0.25, 0.3) is 22.2 Å². The van der Waals surface area contributed by atoms with Crippen LogP contribution >= 0.6 is 11.6 Å². The smallest absolute Gasteiger partial charge is 0.129 e. The Labute approximate surface area is 145 Å². The van der Waals surface area contributed by atoms with Gasteiger partial charge in [-0.05, 0) is 43.4 Å². The molecule has 0 spiro atoms. The van der Waals surface area contributed by atoms with E-state index in [1.54, 1.807) is 6.07 Å². The normalized spacial score (nSPS) is 15.9. The van der Waals surface area contributed by atoms with E-state index in [2.05, 4.69) is 21.3 Å². The summed E-state index contributed by atoms with van der Waals surface area (Å²) in [5, 5.41) is 5.16. The first-order valence-electron chi connectivity index (χ1n) is 8.22. The number of fused-ring (bicyclic) bond motifs is 1. The van der Waals surface area contributed by atoms with E-state index in [4.69, 9.17) is 16.3 Å². The molecule has 3 aromatic rings. The molecule has 24 heavy (non-hydrogen) atoms. The number of halogens is 1. The summed E-state index contributed by atoms with van der Waals surface area (Å²) in [6, 6.07) is 5.69. The Kier molecular flexibility index (Phi) is 4.21. The van der Waals surface area contributed by atoms with E-state index in [0.29, 0.717) is 11.1 Å². The second-order valence-electron chi connectivity index (χ2n) is 6.32. The number of rotatable bonds is 3. The van der Waals surface area contributed by atoms with Gasteiger partial charge in [0.2, 0.25) is 0 Å². The summed E-state index contributed by atoms with van der Waals surface area (Å²) in [6.07, 6.45) is 7.12. The van der Waals surface area contributed by atoms with E-state index in [1.807, 2.05) is 30.1 Å². The van der Waals surface area contributed by atoms with Gasteiger partial charge in [-0.1, -0.05) is 11.6 Å². The maximum absolute atomic E-state index is 6.01. The van der Waals surface area contributed by atoms with Crippen LogP contribution in [-0.2, 0) is 18.2 Å². The molecule has 4 heterocycles. The third-order valence-electron chi connectivity index (χ3n) is 4.54. The molecular weight excluding hydrogens is 324 g/mol. The minimum atomic E-state index is 0.482. The van der Waals surface area contributed by atoms with Crippen molar-refractivity contribution in [3.63, 3.8) is 0 Å². The molecule has 0 unspecified atom stereocenters. The Bertz CT molecular complexity index is 871. The summed E-state index contributed by atoms with van der Waals surface area (Å²) < 4.78 is 7.34. The standard InChI is InChI=1S/C18H19ClN4O/c1-23-11-14(16(22-23)8-12-4-6-24-7-5-12)13-9-17-15(20-10-13)2-3-18(19)21-17/h2-3,9-12H,4-8H2,1H3. The van der Waals surface area contributed by atoms with Crippen LogP contribution in [0.5, 0.6) is 0 Å². The van der Waals surface area contributed by atoms with Gasteiger partial charge in [-0.15, -0.1) is 0 Å². The number of aryl methyl sites for hydroxylation is 1. The number of pyridine rings is 2. The van der Waals surface area contributed by atoms with Gasteiger partial charge in [0.05, 0.1) is 16.7 Å². The lowest BCUT2D eigenvalue weighted by Gasteiger charge is -2.21. The van der Waals surface area contributed by atoms with E-state index in [0.717, 1.165) is 60.3 Å². The number of ether oxygens (including phenoxy) is 1. The Morgan fingerprint density at radius 2 is 2.08 bits per heavy atom. The van der Waals surface area contributed by atoms with Gasteiger partial charge in [0.25, 0.3) is 0 Å². The van der Waals surface area contributed by atoms with Crippen LogP contribution in [0, 0.1) is 5.92 Å². The molecule has 0 saturated carbocycles. The zero-order chi connectivity index (χ0) is 16.5. The van der Waals surface area contributed by atoms with Crippen LogP contribution < -0.4 is 0 Å². The SMILES string of the molecule is Cn1cc(-c2cnc3ccc(Cl)nc3c2)c(CC2CCOCC2)n1. The van der Waals surface area contributed by atoms with Crippen molar-refractivity contribution in [2.75, 3.05) is 13.2 Å². The van der Waals surface area contributed by atoms with Crippen molar-refractivity contribution in [3.8, 4) is 11.1 Å². The summed E-state index contributed by atoms with van der Waals surface area (Å²) in [6.45, 7) is 1.71. The molecule has 3 aromatic heterocycles. The third kappa shape index (κ3) is 3.14. The van der Waals surface area contributed by atoms with E-state index in [1.165, 1.54) is 0 Å². The fraction of sp³-hybridized carbons (Fsp3) is 0.389. The van der Waals surface area contributed by atoms with Crippen LogP contribution in [0.1, 0.15) is 18.5 Å². The molecule has 0 aromatic carbocycles. The van der Waals surface area contributed by atoms with E-state index in [-0.39, 0.29) is 0 Å². The quantitative estimate of drug-likeness (QED) is 0.682. The zero-order valence-corrected chi connectivity index (χ0v) is 14.3. The molecule has 1 fully saturated rings. The van der Waals surface area contributed by atoms with Gasteiger partial charge in [-0.2, -0.15) is 5.10 Å². The minimum Gasteiger partial charge on any atom is -0.381 e. The first kappa shape index (κ1) is 15.5. The van der Waals surface area contributed by atoms with E-state index >= 15 is 0 Å². The van der Waals surface area contributed by atoms with Gasteiger partial charge in [0, 0.05) is 43.8 Å². The molecule has 124 valence electrons. The Balaban J connectivity index is 1.70. The zero-order valence-electron chi connectivity index (χ0n) is 13.6. The highest BCUT2D eigenvalue weighted by atomic mass is 35.5. The Morgan fingerprint density at radius 1 is 1.25 bits per heavy atom. The topological polar surface area (TPSA) is 52.8 Å². The average molecular weight is 343 g/mol. The van der Waals surface area contributed by atoms with Gasteiger partial charge in [0.1, 0.15) is 5.15 Å². The van der Waals surface area contributed by atoms with Gasteiger partial charge < -0.3 is 4.74 Å². The van der Waals surface area contributed by atoms with Gasteiger partial charge >= 0.3 is 0 Å². The first-order chi connectivity index (χ1) is 11.7. The summed E-state index contributed by atoms with van der Waals surface area (Å²) in [5.74, 6) is 0.633. The molecule has 1 aliphatic heterocycles. The molecule has 4 rings (SSSR count). The number of nitrogens with zero attached hydrogens (tertiary/aromatic N) is 4. The number of hydrogen-bond acceptors (Lipinski definition) is 4. The summed E-state index contributed by atoms with van der Waals surface area (Å²) in [4.78, 5) is 8.89. The molecule has 0 atom stereocenters. The number of aromatic nitrogens is 4. The minimum absolute atomic E-state index is 0.482. The molecular formula is C18H19ClN4O. The average Bonchev–Trinajstić information content (AvgIpc) is 2.95. The van der Waals surface area contributed by atoms with E-state index < -0.39 is 0 Å². The summed E-state index contributed by atoms with van der Waals surface area (Å²) >= 11 is 6.01. The maximum Gasteiger partial charge on any atom is 0.129 e. The molecule has 5 nitrogen and oxygen atoms in total. The number of hydrogen-bond donors (Lipinski definition) is 0. The monoisotopic (exact) mass is 342 g/mol. The second-order valence-corrected chi connectivity index (χ2v) is 6.71. The highest BCUT2D eigenvalue weighted by Gasteiger charge is 2.19. The van der Waals surface area contributed by atoms with Gasteiger partial charge in [-0.3, -0.25) is 9.67 Å². The van der Waals surface area contributed by atoms with Crippen molar-refractivity contribution in [2.45, 2.75) is 19.3 Å². The summed E-state index contributed by atoms with van der Waals surface area (Å²) in [5.41, 5.74) is 4.93. The third-order valence-corrected chi connectivity index (χ3v) is 4.75. The van der Waals surface area contributed by atoms with E-state index in [9.17, 15) is 0 Å². The molecule has 1 saturated heterocycles. The van der Waals surface area contributed by atoms with Crippen LogP contribution in [0.15, 0.2) is 30.6 Å². The van der Waals surface area contributed by atoms with Crippen LogP contribution in [0.2, 0.25) is 5.15 Å². The van der Waals surface area contributed by atoms with Gasteiger partial charge in [-0.25, -0.2) is 4.98 Å².